The maximum atomic E-state index is 6.19. The molecule has 0 amide bonds. The molecule has 2 N–H and O–H groups in total. The Hall–Kier alpha value is -0.150. The van der Waals surface area contributed by atoms with Gasteiger partial charge in [0.15, 0.2) is 0 Å². The van der Waals surface area contributed by atoms with E-state index in [9.17, 15) is 0 Å². The topological polar surface area (TPSA) is 43.8 Å². The summed E-state index contributed by atoms with van der Waals surface area (Å²) in [5.41, 5.74) is 8.72. The second kappa shape index (κ2) is 5.87. The monoisotopic (exact) mass is 467 g/mol. The van der Waals surface area contributed by atoms with Gasteiger partial charge in [-0.15, -0.1) is 0 Å². The first kappa shape index (κ1) is 14.3. The van der Waals surface area contributed by atoms with Crippen LogP contribution in [-0.4, -0.2) is 15.6 Å². The molecule has 2 aromatic rings. The van der Waals surface area contributed by atoms with E-state index < -0.39 is 0 Å². The van der Waals surface area contributed by atoms with Crippen LogP contribution in [0.1, 0.15) is 24.1 Å². The number of benzene rings is 1. The molecule has 0 aliphatic carbocycles. The Balaban J connectivity index is 2.54. The molecule has 0 saturated heterocycles. The van der Waals surface area contributed by atoms with Crippen molar-refractivity contribution in [2.24, 2.45) is 5.73 Å². The van der Waals surface area contributed by atoms with Crippen molar-refractivity contribution in [3.05, 3.63) is 49.1 Å². The van der Waals surface area contributed by atoms with Crippen LogP contribution in [0, 0.1) is 14.3 Å². The van der Waals surface area contributed by atoms with Gasteiger partial charge in [0.25, 0.3) is 0 Å². The molecular weight excluding hydrogens is 452 g/mol. The summed E-state index contributed by atoms with van der Waals surface area (Å²) < 4.78 is 4.32. The average molecular weight is 467 g/mol. The van der Waals surface area contributed by atoms with Gasteiger partial charge in [-0.2, -0.15) is 0 Å². The predicted octanol–water partition coefficient (Wildman–Crippen LogP) is 3.34. The normalized spacial score (nSPS) is 14.5. The average Bonchev–Trinajstić information content (AvgIpc) is 2.64. The van der Waals surface area contributed by atoms with Crippen LogP contribution in [0.25, 0.3) is 0 Å². The Kier molecular flexibility index (Phi) is 4.65. The van der Waals surface area contributed by atoms with Gasteiger partial charge in [-0.1, -0.05) is 24.3 Å². The van der Waals surface area contributed by atoms with Gasteiger partial charge in [0.05, 0.1) is 12.4 Å². The minimum Gasteiger partial charge on any atom is -0.326 e. The summed E-state index contributed by atoms with van der Waals surface area (Å²) in [6.07, 6.45) is 1.88. The van der Waals surface area contributed by atoms with Gasteiger partial charge >= 0.3 is 0 Å². The minimum absolute atomic E-state index is 0.0321. The van der Waals surface area contributed by atoms with Crippen LogP contribution in [0.15, 0.2) is 30.6 Å². The third-order valence-electron chi connectivity index (χ3n) is 3.00. The van der Waals surface area contributed by atoms with Crippen LogP contribution in [0.5, 0.6) is 0 Å². The predicted molar refractivity (Wildman–Crippen MR) is 90.6 cm³/mol. The number of hydrogen-bond acceptors (Lipinski definition) is 2. The van der Waals surface area contributed by atoms with Gasteiger partial charge in [-0.25, -0.2) is 4.98 Å². The second-order valence-electron chi connectivity index (χ2n) is 4.39. The third kappa shape index (κ3) is 2.72. The molecular formula is C13H15I2N3. The number of imidazole rings is 1. The molecule has 5 heteroatoms. The highest BCUT2D eigenvalue weighted by atomic mass is 127. The van der Waals surface area contributed by atoms with Crippen molar-refractivity contribution in [1.82, 2.24) is 9.55 Å². The van der Waals surface area contributed by atoms with Crippen molar-refractivity contribution in [3.8, 4) is 0 Å². The Morgan fingerprint density at radius 2 is 1.94 bits per heavy atom. The van der Waals surface area contributed by atoms with Gasteiger partial charge in [-0.05, 0) is 70.2 Å². The number of rotatable bonds is 3. The van der Waals surface area contributed by atoms with E-state index >= 15 is 0 Å². The largest absolute Gasteiger partial charge is 0.326 e. The van der Waals surface area contributed by atoms with Crippen LogP contribution < -0.4 is 5.73 Å². The van der Waals surface area contributed by atoms with E-state index in [1.165, 1.54) is 11.1 Å². The highest BCUT2D eigenvalue weighted by Crippen LogP contribution is 2.27. The van der Waals surface area contributed by atoms with Crippen LogP contribution in [-0.2, 0) is 0 Å². The van der Waals surface area contributed by atoms with Crippen LogP contribution in [0.3, 0.4) is 0 Å². The maximum absolute atomic E-state index is 6.19. The van der Waals surface area contributed by atoms with E-state index in [1.54, 1.807) is 0 Å². The van der Waals surface area contributed by atoms with E-state index in [-0.39, 0.29) is 12.1 Å². The van der Waals surface area contributed by atoms with E-state index in [0.29, 0.717) is 0 Å². The molecule has 0 bridgehead atoms. The lowest BCUT2D eigenvalue weighted by atomic mass is 9.96. The number of nitrogens with two attached hydrogens (primary N) is 1. The van der Waals surface area contributed by atoms with Gasteiger partial charge in [0.1, 0.15) is 7.40 Å². The van der Waals surface area contributed by atoms with Crippen molar-refractivity contribution in [3.63, 3.8) is 0 Å². The van der Waals surface area contributed by atoms with E-state index in [1.807, 2.05) is 13.3 Å². The lowest BCUT2D eigenvalue weighted by Crippen LogP contribution is -2.31. The molecule has 0 aliphatic rings. The summed E-state index contributed by atoms with van der Waals surface area (Å²) in [6.45, 7) is 4.17. The molecule has 0 fully saturated rings. The lowest BCUT2D eigenvalue weighted by Gasteiger charge is -2.25. The van der Waals surface area contributed by atoms with E-state index in [4.69, 9.17) is 5.73 Å². The zero-order valence-electron chi connectivity index (χ0n) is 10.3. The molecule has 0 radical (unpaired) electrons. The maximum Gasteiger partial charge on any atom is 0.132 e. The van der Waals surface area contributed by atoms with Crippen LogP contribution >= 0.6 is 45.2 Å². The first-order valence-corrected chi connectivity index (χ1v) is 7.87. The minimum atomic E-state index is 0.0321. The molecule has 1 aromatic heterocycles. The Bertz CT molecular complexity index is 549. The first-order chi connectivity index (χ1) is 8.52. The summed E-state index contributed by atoms with van der Waals surface area (Å²) >= 11 is 4.57. The molecule has 0 aliphatic heterocycles. The quantitative estimate of drug-likeness (QED) is 0.705. The Labute approximate surface area is 134 Å². The van der Waals surface area contributed by atoms with Gasteiger partial charge < -0.3 is 10.3 Å². The molecule has 1 aromatic carbocycles. The summed E-state index contributed by atoms with van der Waals surface area (Å²) in [5, 5.41) is 0. The number of aryl methyl sites for hydroxylation is 1. The second-order valence-corrected chi connectivity index (χ2v) is 6.44. The first-order valence-electron chi connectivity index (χ1n) is 5.71. The highest BCUT2D eigenvalue weighted by Gasteiger charge is 2.22. The molecule has 0 spiro atoms. The van der Waals surface area contributed by atoms with Crippen LogP contribution in [0.4, 0.5) is 0 Å². The van der Waals surface area contributed by atoms with Crippen molar-refractivity contribution in [2.75, 3.05) is 0 Å². The summed E-state index contributed by atoms with van der Waals surface area (Å²) in [5.74, 6) is 0. The fourth-order valence-electron chi connectivity index (χ4n) is 2.12. The Morgan fingerprint density at radius 3 is 2.44 bits per heavy atom. The molecule has 1 heterocycles. The van der Waals surface area contributed by atoms with Crippen molar-refractivity contribution >= 4 is 45.2 Å². The molecule has 18 heavy (non-hydrogen) atoms. The van der Waals surface area contributed by atoms with Crippen molar-refractivity contribution in [2.45, 2.75) is 25.9 Å². The Morgan fingerprint density at radius 1 is 1.28 bits per heavy atom. The lowest BCUT2D eigenvalue weighted by molar-refractivity contribution is 0.486. The van der Waals surface area contributed by atoms with Gasteiger partial charge in [0, 0.05) is 6.04 Å². The van der Waals surface area contributed by atoms with Crippen molar-refractivity contribution in [1.29, 1.82) is 0 Å². The molecule has 0 saturated carbocycles. The molecule has 2 unspecified atom stereocenters. The number of aromatic nitrogens is 2. The zero-order chi connectivity index (χ0) is 13.3. The SMILES string of the molecule is Cc1ccccc1C(C(C)N)n1cnc(I)c1I. The third-order valence-corrected chi connectivity index (χ3v) is 5.89. The number of halogens is 2. The molecule has 2 atom stereocenters. The highest BCUT2D eigenvalue weighted by molar-refractivity contribution is 14.1. The zero-order valence-corrected chi connectivity index (χ0v) is 14.6. The molecule has 96 valence electrons. The van der Waals surface area contributed by atoms with Crippen LogP contribution in [0.2, 0.25) is 0 Å². The summed E-state index contributed by atoms with van der Waals surface area (Å²) in [4.78, 5) is 4.36. The van der Waals surface area contributed by atoms with Gasteiger partial charge in [-0.3, -0.25) is 0 Å². The standard InChI is InChI=1S/C13H15I2N3/c1-8-5-3-4-6-10(8)11(9(2)16)18-7-17-12(14)13(18)15/h3-7,9,11H,16H2,1-2H3. The van der Waals surface area contributed by atoms with E-state index in [2.05, 4.69) is 85.9 Å². The van der Waals surface area contributed by atoms with E-state index in [0.717, 1.165) is 7.40 Å². The number of hydrogen-bond donors (Lipinski definition) is 1. The smallest absolute Gasteiger partial charge is 0.132 e. The fraction of sp³-hybridized carbons (Fsp3) is 0.308. The molecule has 2 rings (SSSR count). The number of nitrogens with zero attached hydrogens (tertiary/aromatic N) is 2. The fourth-order valence-corrected chi connectivity index (χ4v) is 3.09. The molecule has 3 nitrogen and oxygen atoms in total. The van der Waals surface area contributed by atoms with Gasteiger partial charge in [0.2, 0.25) is 0 Å². The van der Waals surface area contributed by atoms with Crippen molar-refractivity contribution < 1.29 is 0 Å². The summed E-state index contributed by atoms with van der Waals surface area (Å²) in [6, 6.07) is 8.55. The summed E-state index contributed by atoms with van der Waals surface area (Å²) in [7, 11) is 0.